The summed E-state index contributed by atoms with van der Waals surface area (Å²) in [6.45, 7) is 3.79. The van der Waals surface area contributed by atoms with E-state index < -0.39 is 0 Å². The normalized spacial score (nSPS) is 19.9. The Labute approximate surface area is 171 Å². The number of amides is 2. The summed E-state index contributed by atoms with van der Waals surface area (Å²) in [5.41, 5.74) is 1.49. The summed E-state index contributed by atoms with van der Waals surface area (Å²) in [5.74, 6) is 0.673. The molecule has 1 aromatic carbocycles. The van der Waals surface area contributed by atoms with Gasteiger partial charge in [-0.3, -0.25) is 14.5 Å². The van der Waals surface area contributed by atoms with Crippen molar-refractivity contribution in [2.24, 2.45) is 5.92 Å². The summed E-state index contributed by atoms with van der Waals surface area (Å²) in [4.78, 5) is 29.9. The first kappa shape index (κ1) is 21.2. The SMILES string of the molecule is CCCCN1C(=O)C(c2ccc(OC)c(OC)c2)=C(N2CCCC(CO)C2)C1=O. The number of piperidine rings is 1. The molecular weight excluding hydrogens is 372 g/mol. The quantitative estimate of drug-likeness (QED) is 0.672. The molecule has 0 aromatic heterocycles. The lowest BCUT2D eigenvalue weighted by molar-refractivity contribution is -0.137. The molecule has 7 nitrogen and oxygen atoms in total. The number of likely N-dealkylation sites (tertiary alicyclic amines) is 1. The van der Waals surface area contributed by atoms with Crippen LogP contribution in [0.4, 0.5) is 0 Å². The van der Waals surface area contributed by atoms with Crippen molar-refractivity contribution in [2.75, 3.05) is 40.5 Å². The Bertz CT molecular complexity index is 804. The van der Waals surface area contributed by atoms with Crippen LogP contribution in [0.1, 0.15) is 38.2 Å². The number of rotatable bonds is 8. The van der Waals surface area contributed by atoms with Gasteiger partial charge in [0.2, 0.25) is 0 Å². The molecule has 3 rings (SSSR count). The van der Waals surface area contributed by atoms with Crippen LogP contribution in [0.15, 0.2) is 23.9 Å². The van der Waals surface area contributed by atoms with Crippen molar-refractivity contribution in [3.05, 3.63) is 29.5 Å². The number of hydrogen-bond acceptors (Lipinski definition) is 6. The Morgan fingerprint density at radius 2 is 1.90 bits per heavy atom. The summed E-state index contributed by atoms with van der Waals surface area (Å²) >= 11 is 0. The summed E-state index contributed by atoms with van der Waals surface area (Å²) in [6, 6.07) is 5.28. The van der Waals surface area contributed by atoms with Gasteiger partial charge < -0.3 is 19.5 Å². The van der Waals surface area contributed by atoms with Crippen LogP contribution < -0.4 is 9.47 Å². The number of benzene rings is 1. The molecule has 2 aliphatic heterocycles. The zero-order chi connectivity index (χ0) is 21.0. The van der Waals surface area contributed by atoms with E-state index in [1.807, 2.05) is 11.8 Å². The zero-order valence-electron chi connectivity index (χ0n) is 17.4. The number of nitrogens with zero attached hydrogens (tertiary/aromatic N) is 2. The van der Waals surface area contributed by atoms with Gasteiger partial charge in [0, 0.05) is 26.2 Å². The third-order valence-corrected chi connectivity index (χ3v) is 5.64. The van der Waals surface area contributed by atoms with Gasteiger partial charge in [-0.2, -0.15) is 0 Å². The van der Waals surface area contributed by atoms with E-state index in [1.165, 1.54) is 4.90 Å². The number of carbonyl (C=O) groups excluding carboxylic acids is 2. The van der Waals surface area contributed by atoms with Gasteiger partial charge in [-0.15, -0.1) is 0 Å². The molecule has 1 N–H and O–H groups in total. The highest BCUT2D eigenvalue weighted by Gasteiger charge is 2.42. The lowest BCUT2D eigenvalue weighted by Crippen LogP contribution is -2.40. The fraction of sp³-hybridized carbons (Fsp3) is 0.545. The minimum absolute atomic E-state index is 0.0805. The maximum absolute atomic E-state index is 13.3. The maximum Gasteiger partial charge on any atom is 0.277 e. The second-order valence-electron chi connectivity index (χ2n) is 7.55. The predicted molar refractivity (Wildman–Crippen MR) is 109 cm³/mol. The smallest absolute Gasteiger partial charge is 0.277 e. The van der Waals surface area contributed by atoms with Crippen molar-refractivity contribution in [2.45, 2.75) is 32.6 Å². The monoisotopic (exact) mass is 402 g/mol. The maximum atomic E-state index is 13.3. The van der Waals surface area contributed by atoms with Crippen molar-refractivity contribution in [3.8, 4) is 11.5 Å². The Morgan fingerprint density at radius 1 is 1.14 bits per heavy atom. The van der Waals surface area contributed by atoms with Crippen molar-refractivity contribution in [1.82, 2.24) is 9.80 Å². The fourth-order valence-electron chi connectivity index (χ4n) is 4.05. The van der Waals surface area contributed by atoms with Gasteiger partial charge in [-0.1, -0.05) is 19.4 Å². The Morgan fingerprint density at radius 3 is 2.55 bits per heavy atom. The number of unbranched alkanes of at least 4 members (excludes halogenated alkanes) is 1. The molecule has 1 atom stereocenters. The van der Waals surface area contributed by atoms with Crippen molar-refractivity contribution >= 4 is 17.4 Å². The second-order valence-corrected chi connectivity index (χ2v) is 7.55. The predicted octanol–water partition coefficient (Wildman–Crippen LogP) is 2.29. The molecule has 2 aliphatic rings. The van der Waals surface area contributed by atoms with Crippen molar-refractivity contribution < 1.29 is 24.2 Å². The van der Waals surface area contributed by atoms with Crippen LogP contribution in [-0.4, -0.2) is 67.2 Å². The van der Waals surface area contributed by atoms with Gasteiger partial charge in [0.1, 0.15) is 5.70 Å². The fourth-order valence-corrected chi connectivity index (χ4v) is 4.05. The highest BCUT2D eigenvalue weighted by molar-refractivity contribution is 6.35. The van der Waals surface area contributed by atoms with Crippen LogP contribution in [0.3, 0.4) is 0 Å². The first-order chi connectivity index (χ1) is 14.0. The third-order valence-electron chi connectivity index (χ3n) is 5.64. The number of imide groups is 1. The van der Waals surface area contributed by atoms with Crippen molar-refractivity contribution in [1.29, 1.82) is 0 Å². The summed E-state index contributed by atoms with van der Waals surface area (Å²) in [7, 11) is 3.10. The van der Waals surface area contributed by atoms with Crippen LogP contribution in [-0.2, 0) is 9.59 Å². The number of aliphatic hydroxyl groups is 1. The molecular formula is C22H30N2O5. The molecule has 0 saturated carbocycles. The lowest BCUT2D eigenvalue weighted by atomic mass is 9.96. The first-order valence-electron chi connectivity index (χ1n) is 10.2. The van der Waals surface area contributed by atoms with Gasteiger partial charge in [-0.25, -0.2) is 0 Å². The van der Waals surface area contributed by atoms with Crippen LogP contribution in [0, 0.1) is 5.92 Å². The zero-order valence-corrected chi connectivity index (χ0v) is 17.4. The lowest BCUT2D eigenvalue weighted by Gasteiger charge is -2.34. The Kier molecular flexibility index (Phi) is 6.79. The van der Waals surface area contributed by atoms with E-state index in [9.17, 15) is 14.7 Å². The van der Waals surface area contributed by atoms with Crippen LogP contribution in [0.5, 0.6) is 11.5 Å². The number of carbonyl (C=O) groups is 2. The molecule has 158 valence electrons. The number of methoxy groups -OCH3 is 2. The van der Waals surface area contributed by atoms with E-state index in [4.69, 9.17) is 9.47 Å². The number of hydrogen-bond donors (Lipinski definition) is 1. The van der Waals surface area contributed by atoms with E-state index in [0.29, 0.717) is 48.0 Å². The van der Waals surface area contributed by atoms with Gasteiger partial charge in [0.05, 0.1) is 19.8 Å². The molecule has 0 radical (unpaired) electrons. The molecule has 0 spiro atoms. The molecule has 0 bridgehead atoms. The van der Waals surface area contributed by atoms with E-state index in [2.05, 4.69) is 0 Å². The van der Waals surface area contributed by atoms with Crippen LogP contribution in [0.25, 0.3) is 5.57 Å². The average Bonchev–Trinajstić information content (AvgIpc) is 3.01. The average molecular weight is 402 g/mol. The highest BCUT2D eigenvalue weighted by Crippen LogP contribution is 2.37. The molecule has 2 heterocycles. The second kappa shape index (κ2) is 9.31. The Balaban J connectivity index is 2.07. The first-order valence-corrected chi connectivity index (χ1v) is 10.2. The molecule has 1 unspecified atom stereocenters. The summed E-state index contributed by atoms with van der Waals surface area (Å²) in [6.07, 6.45) is 3.47. The molecule has 1 fully saturated rings. The molecule has 0 aliphatic carbocycles. The highest BCUT2D eigenvalue weighted by atomic mass is 16.5. The molecule has 29 heavy (non-hydrogen) atoms. The Hall–Kier alpha value is -2.54. The van der Waals surface area contributed by atoms with Crippen LogP contribution >= 0.6 is 0 Å². The van der Waals surface area contributed by atoms with E-state index in [1.54, 1.807) is 32.4 Å². The largest absolute Gasteiger partial charge is 0.493 e. The number of ether oxygens (including phenoxy) is 2. The molecule has 2 amide bonds. The van der Waals surface area contributed by atoms with E-state index in [-0.39, 0.29) is 24.3 Å². The standard InChI is InChI=1S/C22H30N2O5/c1-4-5-11-24-21(26)19(16-8-9-17(28-2)18(12-16)29-3)20(22(24)27)23-10-6-7-15(13-23)14-25/h8-9,12,15,25H,4-7,10-11,13-14H2,1-3H3. The van der Waals surface area contributed by atoms with Gasteiger partial charge in [0.25, 0.3) is 11.8 Å². The minimum atomic E-state index is -0.267. The molecule has 1 saturated heterocycles. The topological polar surface area (TPSA) is 79.3 Å². The minimum Gasteiger partial charge on any atom is -0.493 e. The van der Waals surface area contributed by atoms with E-state index >= 15 is 0 Å². The van der Waals surface area contributed by atoms with Gasteiger partial charge in [0.15, 0.2) is 11.5 Å². The van der Waals surface area contributed by atoms with Crippen molar-refractivity contribution in [3.63, 3.8) is 0 Å². The molecule has 7 heteroatoms. The van der Waals surface area contributed by atoms with Gasteiger partial charge in [-0.05, 0) is 42.9 Å². The molecule has 1 aromatic rings. The summed E-state index contributed by atoms with van der Waals surface area (Å²) < 4.78 is 10.7. The van der Waals surface area contributed by atoms with Crippen LogP contribution in [0.2, 0.25) is 0 Å². The van der Waals surface area contributed by atoms with E-state index in [0.717, 1.165) is 25.7 Å². The third kappa shape index (κ3) is 4.10. The number of aliphatic hydroxyl groups excluding tert-OH is 1. The van der Waals surface area contributed by atoms with Gasteiger partial charge >= 0.3 is 0 Å². The summed E-state index contributed by atoms with van der Waals surface area (Å²) in [5, 5.41) is 9.61.